The largest absolute Gasteiger partial charge is 0.391 e. The van der Waals surface area contributed by atoms with Gasteiger partial charge in [-0.25, -0.2) is 0 Å². The third-order valence-corrected chi connectivity index (χ3v) is 7.53. The van der Waals surface area contributed by atoms with Crippen LogP contribution in [0.2, 0.25) is 11.1 Å². The van der Waals surface area contributed by atoms with E-state index in [-0.39, 0.29) is 6.10 Å². The van der Waals surface area contributed by atoms with E-state index in [1.807, 2.05) is 27.7 Å². The summed E-state index contributed by atoms with van der Waals surface area (Å²) in [6.07, 6.45) is 0.139. The van der Waals surface area contributed by atoms with Crippen molar-refractivity contribution in [1.82, 2.24) is 0 Å². The molecule has 0 radical (unpaired) electrons. The lowest BCUT2D eigenvalue weighted by Gasteiger charge is -2.40. The highest BCUT2D eigenvalue weighted by Gasteiger charge is 2.48. The third kappa shape index (κ3) is 5.91. The maximum absolute atomic E-state index is 6.24. The van der Waals surface area contributed by atoms with Gasteiger partial charge in [0.1, 0.15) is 0 Å². The number of ether oxygens (including phenoxy) is 2. The molecule has 0 saturated carbocycles. The average Bonchev–Trinajstić information content (AvgIpc) is 2.27. The Bertz CT molecular complexity index is 217. The van der Waals surface area contributed by atoms with Crippen molar-refractivity contribution in [2.24, 2.45) is 0 Å². The van der Waals surface area contributed by atoms with E-state index in [1.54, 1.807) is 0 Å². The van der Waals surface area contributed by atoms with Crippen molar-refractivity contribution in [3.63, 3.8) is 0 Å². The second-order valence-electron chi connectivity index (χ2n) is 5.51. The molecule has 0 bridgehead atoms. The Balaban J connectivity index is 5.08. The van der Waals surface area contributed by atoms with Crippen LogP contribution in [0.15, 0.2) is 0 Å². The van der Waals surface area contributed by atoms with Gasteiger partial charge in [0.15, 0.2) is 0 Å². The van der Waals surface area contributed by atoms with Crippen molar-refractivity contribution < 1.29 is 18.3 Å². The predicted molar refractivity (Wildman–Crippen MR) is 80.3 cm³/mol. The maximum atomic E-state index is 6.24. The van der Waals surface area contributed by atoms with E-state index in [9.17, 15) is 0 Å². The van der Waals surface area contributed by atoms with Gasteiger partial charge in [-0.15, -0.1) is 0 Å². The molecule has 0 spiro atoms. The maximum Gasteiger partial charge on any atom is 0.347 e. The molecule has 0 amide bonds. The SMILES string of the molecule is CCOC(OCC)O[Si](OC(C)C)(C(C)C)C(C)C. The van der Waals surface area contributed by atoms with Crippen LogP contribution in [0.25, 0.3) is 0 Å². The first-order valence-electron chi connectivity index (χ1n) is 7.38. The molecule has 0 aromatic rings. The average molecular weight is 292 g/mol. The smallest absolute Gasteiger partial charge is 0.347 e. The van der Waals surface area contributed by atoms with E-state index in [2.05, 4.69) is 27.7 Å². The van der Waals surface area contributed by atoms with Crippen LogP contribution >= 0.6 is 0 Å². The Morgan fingerprint density at radius 3 is 1.42 bits per heavy atom. The van der Waals surface area contributed by atoms with Crippen LogP contribution in [0.4, 0.5) is 0 Å². The zero-order chi connectivity index (χ0) is 15.1. The Labute approximate surface area is 120 Å². The fourth-order valence-electron chi connectivity index (χ4n) is 2.15. The molecule has 0 saturated heterocycles. The first-order valence-corrected chi connectivity index (χ1v) is 9.36. The Hall–Kier alpha value is 0.0569. The summed E-state index contributed by atoms with van der Waals surface area (Å²) in [5.74, 6) is 0. The van der Waals surface area contributed by atoms with E-state index in [0.29, 0.717) is 24.3 Å². The third-order valence-electron chi connectivity index (χ3n) is 2.92. The van der Waals surface area contributed by atoms with Crippen molar-refractivity contribution in [3.8, 4) is 0 Å². The highest BCUT2D eigenvalue weighted by molar-refractivity contribution is 6.70. The van der Waals surface area contributed by atoms with Crippen LogP contribution in [0.5, 0.6) is 0 Å². The lowest BCUT2D eigenvalue weighted by atomic mass is 10.5. The first kappa shape index (κ1) is 19.1. The van der Waals surface area contributed by atoms with Gasteiger partial charge in [-0.3, -0.25) is 0 Å². The van der Waals surface area contributed by atoms with Gasteiger partial charge in [-0.2, -0.15) is 0 Å². The Kier molecular flexibility index (Phi) is 9.10. The van der Waals surface area contributed by atoms with Crippen molar-refractivity contribution in [2.75, 3.05) is 13.2 Å². The molecule has 4 nitrogen and oxygen atoms in total. The molecule has 19 heavy (non-hydrogen) atoms. The number of hydrogen-bond acceptors (Lipinski definition) is 4. The summed E-state index contributed by atoms with van der Waals surface area (Å²) in [6, 6.07) is 0. The lowest BCUT2D eigenvalue weighted by Crippen LogP contribution is -2.53. The van der Waals surface area contributed by atoms with Crippen LogP contribution in [-0.2, 0) is 18.3 Å². The predicted octanol–water partition coefficient (Wildman–Crippen LogP) is 4.05. The summed E-state index contributed by atoms with van der Waals surface area (Å²) in [5.41, 5.74) is 0.664. The molecule has 0 N–H and O–H groups in total. The molecular formula is C14H32O4Si. The van der Waals surface area contributed by atoms with Gasteiger partial charge in [-0.1, -0.05) is 27.7 Å². The minimum absolute atomic E-state index is 0.139. The highest BCUT2D eigenvalue weighted by atomic mass is 28.4. The summed E-state index contributed by atoms with van der Waals surface area (Å²) in [4.78, 5) is 0. The normalized spacial score (nSPS) is 13.3. The van der Waals surface area contributed by atoms with Crippen LogP contribution < -0.4 is 0 Å². The summed E-state index contributed by atoms with van der Waals surface area (Å²) in [7, 11) is -2.40. The lowest BCUT2D eigenvalue weighted by molar-refractivity contribution is -0.256. The number of rotatable bonds is 10. The van der Waals surface area contributed by atoms with Crippen molar-refractivity contribution in [2.45, 2.75) is 79.1 Å². The van der Waals surface area contributed by atoms with Gasteiger partial charge in [0.2, 0.25) is 0 Å². The van der Waals surface area contributed by atoms with Crippen LogP contribution in [0.3, 0.4) is 0 Å². The van der Waals surface area contributed by atoms with Gasteiger partial charge in [0, 0.05) is 19.3 Å². The molecule has 0 rings (SSSR count). The molecule has 0 atom stereocenters. The fourth-order valence-corrected chi connectivity index (χ4v) is 5.80. The quantitative estimate of drug-likeness (QED) is 0.450. The van der Waals surface area contributed by atoms with Gasteiger partial charge < -0.3 is 18.3 Å². The van der Waals surface area contributed by atoms with E-state index >= 15 is 0 Å². The second-order valence-corrected chi connectivity index (χ2v) is 9.74. The summed E-state index contributed by atoms with van der Waals surface area (Å²) in [6.45, 7) is 17.1. The second kappa shape index (κ2) is 9.08. The van der Waals surface area contributed by atoms with E-state index < -0.39 is 15.0 Å². The summed E-state index contributed by atoms with van der Waals surface area (Å²) < 4.78 is 23.5. The van der Waals surface area contributed by atoms with Gasteiger partial charge in [0.25, 0.3) is 6.48 Å². The molecular weight excluding hydrogens is 260 g/mol. The van der Waals surface area contributed by atoms with Crippen molar-refractivity contribution in [1.29, 1.82) is 0 Å². The van der Waals surface area contributed by atoms with E-state index in [0.717, 1.165) is 0 Å². The topological polar surface area (TPSA) is 36.9 Å². The number of hydrogen-bond donors (Lipinski definition) is 0. The van der Waals surface area contributed by atoms with Crippen molar-refractivity contribution >= 4 is 8.56 Å². The summed E-state index contributed by atoms with van der Waals surface area (Å²) >= 11 is 0. The van der Waals surface area contributed by atoms with Gasteiger partial charge in [0.05, 0.1) is 0 Å². The zero-order valence-corrected chi connectivity index (χ0v) is 14.9. The molecule has 0 heterocycles. The van der Waals surface area contributed by atoms with E-state index in [1.165, 1.54) is 0 Å². The van der Waals surface area contributed by atoms with Crippen LogP contribution in [0.1, 0.15) is 55.4 Å². The molecule has 0 fully saturated rings. The van der Waals surface area contributed by atoms with Crippen LogP contribution in [0, 0.1) is 0 Å². The van der Waals surface area contributed by atoms with Crippen LogP contribution in [-0.4, -0.2) is 34.4 Å². The van der Waals surface area contributed by atoms with Gasteiger partial charge >= 0.3 is 8.56 Å². The molecule has 0 aliphatic rings. The minimum atomic E-state index is -2.40. The van der Waals surface area contributed by atoms with Crippen molar-refractivity contribution in [3.05, 3.63) is 0 Å². The molecule has 5 heteroatoms. The zero-order valence-electron chi connectivity index (χ0n) is 13.9. The molecule has 116 valence electrons. The molecule has 0 aromatic carbocycles. The van der Waals surface area contributed by atoms with E-state index in [4.69, 9.17) is 18.3 Å². The monoisotopic (exact) mass is 292 g/mol. The Morgan fingerprint density at radius 1 is 0.737 bits per heavy atom. The molecule has 0 aliphatic carbocycles. The highest BCUT2D eigenvalue weighted by Crippen LogP contribution is 2.36. The minimum Gasteiger partial charge on any atom is -0.391 e. The molecule has 0 aromatic heterocycles. The molecule has 0 unspecified atom stereocenters. The standard InChI is InChI=1S/C14H32O4Si/c1-9-15-14(16-10-2)18-19(12(5)6,13(7)8)17-11(3)4/h11-14H,9-10H2,1-8H3. The fraction of sp³-hybridized carbons (Fsp3) is 1.00. The molecule has 0 aliphatic heterocycles. The Morgan fingerprint density at radius 2 is 1.16 bits per heavy atom. The summed E-state index contributed by atoms with van der Waals surface area (Å²) in [5, 5.41) is 0. The first-order chi connectivity index (χ1) is 8.80. The van der Waals surface area contributed by atoms with Gasteiger partial charge in [-0.05, 0) is 38.8 Å².